The largest absolute Gasteiger partial charge is 0.297 e. The Hall–Kier alpha value is 0.730. The summed E-state index contributed by atoms with van der Waals surface area (Å²) < 4.78 is 0. The minimum absolute atomic E-state index is 0. The average Bonchev–Trinajstić information content (AvgIpc) is 1.36. The SMILES string of the molecule is CC(Br)N(C)C.Cl. The third-order valence-corrected chi connectivity index (χ3v) is 1.53. The number of hydrogen-bond acceptors (Lipinski definition) is 1. The molecule has 3 heteroatoms. The Kier molecular flexibility index (Phi) is 7.43. The summed E-state index contributed by atoms with van der Waals surface area (Å²) >= 11 is 3.36. The van der Waals surface area contributed by atoms with Gasteiger partial charge in [0.05, 0.1) is 4.95 Å². The van der Waals surface area contributed by atoms with E-state index in [-0.39, 0.29) is 12.4 Å². The Labute approximate surface area is 59.6 Å². The maximum absolute atomic E-state index is 3.36. The molecule has 1 unspecified atom stereocenters. The predicted molar refractivity (Wildman–Crippen MR) is 39.3 cm³/mol. The zero-order valence-corrected chi connectivity index (χ0v) is 7.21. The number of alkyl halides is 1. The summed E-state index contributed by atoms with van der Waals surface area (Å²) in [6.07, 6.45) is 0. The van der Waals surface area contributed by atoms with Crippen LogP contribution in [0.15, 0.2) is 0 Å². The van der Waals surface area contributed by atoms with Crippen LogP contribution in [0.25, 0.3) is 0 Å². The third-order valence-electron chi connectivity index (χ3n) is 0.712. The highest BCUT2D eigenvalue weighted by atomic mass is 79.9. The fraction of sp³-hybridized carbons (Fsp3) is 1.00. The molecule has 0 saturated heterocycles. The van der Waals surface area contributed by atoms with Crippen LogP contribution in [0.3, 0.4) is 0 Å². The second kappa shape index (κ2) is 4.88. The first-order valence-corrected chi connectivity index (χ1v) is 2.86. The second-order valence-electron chi connectivity index (χ2n) is 1.54. The lowest BCUT2D eigenvalue weighted by molar-refractivity contribution is 0.409. The van der Waals surface area contributed by atoms with Gasteiger partial charge in [-0.15, -0.1) is 12.4 Å². The number of rotatable bonds is 1. The fourth-order valence-corrected chi connectivity index (χ4v) is 0. The van der Waals surface area contributed by atoms with Crippen LogP contribution in [0.1, 0.15) is 6.92 Å². The lowest BCUT2D eigenvalue weighted by Gasteiger charge is -2.10. The monoisotopic (exact) mass is 187 g/mol. The van der Waals surface area contributed by atoms with Crippen molar-refractivity contribution in [1.29, 1.82) is 0 Å². The Morgan fingerprint density at radius 2 is 1.57 bits per heavy atom. The normalized spacial score (nSPS) is 13.3. The van der Waals surface area contributed by atoms with Gasteiger partial charge in [0.1, 0.15) is 0 Å². The highest BCUT2D eigenvalue weighted by molar-refractivity contribution is 9.09. The van der Waals surface area contributed by atoms with Crippen molar-refractivity contribution >= 4 is 28.3 Å². The molecule has 1 nitrogen and oxygen atoms in total. The van der Waals surface area contributed by atoms with E-state index in [1.165, 1.54) is 0 Å². The van der Waals surface area contributed by atoms with Crippen molar-refractivity contribution in [2.24, 2.45) is 0 Å². The van der Waals surface area contributed by atoms with Gasteiger partial charge >= 0.3 is 0 Å². The summed E-state index contributed by atoms with van der Waals surface area (Å²) in [6, 6.07) is 0. The van der Waals surface area contributed by atoms with Gasteiger partial charge < -0.3 is 0 Å². The summed E-state index contributed by atoms with van der Waals surface area (Å²) in [7, 11) is 4.05. The van der Waals surface area contributed by atoms with Crippen LogP contribution in [-0.2, 0) is 0 Å². The van der Waals surface area contributed by atoms with Crippen LogP contribution in [-0.4, -0.2) is 23.9 Å². The van der Waals surface area contributed by atoms with Crippen LogP contribution < -0.4 is 0 Å². The first-order chi connectivity index (χ1) is 2.64. The molecule has 0 saturated carbocycles. The molecule has 0 rings (SSSR count). The molecule has 7 heavy (non-hydrogen) atoms. The molecule has 0 aromatic heterocycles. The quantitative estimate of drug-likeness (QED) is 0.447. The van der Waals surface area contributed by atoms with Crippen molar-refractivity contribution < 1.29 is 0 Å². The van der Waals surface area contributed by atoms with Crippen molar-refractivity contribution in [3.8, 4) is 0 Å². The highest BCUT2D eigenvalue weighted by Gasteiger charge is 1.92. The summed E-state index contributed by atoms with van der Waals surface area (Å²) in [6.45, 7) is 2.08. The standard InChI is InChI=1S/C4H10BrN.ClH/c1-4(5)6(2)3;/h4H,1-3H3;1H. The summed E-state index contributed by atoms with van der Waals surface area (Å²) in [5, 5.41) is 0. The van der Waals surface area contributed by atoms with Gasteiger partial charge in [0.25, 0.3) is 0 Å². The van der Waals surface area contributed by atoms with Crippen molar-refractivity contribution in [3.63, 3.8) is 0 Å². The molecule has 0 aliphatic carbocycles. The minimum atomic E-state index is 0. The van der Waals surface area contributed by atoms with E-state index in [1.54, 1.807) is 0 Å². The lowest BCUT2D eigenvalue weighted by atomic mass is 10.7. The predicted octanol–water partition coefficient (Wildman–Crippen LogP) is 1.71. The fourth-order valence-electron chi connectivity index (χ4n) is 0. The van der Waals surface area contributed by atoms with Crippen LogP contribution in [0.2, 0.25) is 0 Å². The van der Waals surface area contributed by atoms with E-state index in [0.29, 0.717) is 4.95 Å². The van der Waals surface area contributed by atoms with E-state index in [0.717, 1.165) is 0 Å². The van der Waals surface area contributed by atoms with Gasteiger partial charge in [0, 0.05) is 0 Å². The van der Waals surface area contributed by atoms with Gasteiger partial charge in [0.2, 0.25) is 0 Å². The zero-order chi connectivity index (χ0) is 5.15. The number of nitrogens with zero attached hydrogens (tertiary/aromatic N) is 1. The van der Waals surface area contributed by atoms with E-state index in [9.17, 15) is 0 Å². The second-order valence-corrected chi connectivity index (χ2v) is 2.86. The van der Waals surface area contributed by atoms with Gasteiger partial charge in [-0.05, 0) is 21.0 Å². The van der Waals surface area contributed by atoms with Gasteiger partial charge in [-0.2, -0.15) is 0 Å². The smallest absolute Gasteiger partial charge is 0.0622 e. The van der Waals surface area contributed by atoms with Crippen LogP contribution in [0.4, 0.5) is 0 Å². The molecule has 0 aliphatic heterocycles. The van der Waals surface area contributed by atoms with E-state index >= 15 is 0 Å². The Morgan fingerprint density at radius 1 is 1.43 bits per heavy atom. The minimum Gasteiger partial charge on any atom is -0.297 e. The first kappa shape index (κ1) is 10.7. The van der Waals surface area contributed by atoms with Crippen LogP contribution in [0, 0.1) is 0 Å². The van der Waals surface area contributed by atoms with E-state index in [4.69, 9.17) is 0 Å². The molecule has 0 heterocycles. The lowest BCUT2D eigenvalue weighted by Crippen LogP contribution is -2.17. The van der Waals surface area contributed by atoms with Crippen LogP contribution >= 0.6 is 28.3 Å². The van der Waals surface area contributed by atoms with Crippen molar-refractivity contribution in [3.05, 3.63) is 0 Å². The average molecular weight is 188 g/mol. The van der Waals surface area contributed by atoms with Crippen molar-refractivity contribution in [1.82, 2.24) is 4.90 Å². The molecule has 0 fully saturated rings. The van der Waals surface area contributed by atoms with Gasteiger partial charge in [-0.1, -0.05) is 15.9 Å². The molecule has 0 aromatic rings. The number of halogens is 2. The molecular formula is C4H11BrClN. The summed E-state index contributed by atoms with van der Waals surface area (Å²) in [4.78, 5) is 2.58. The zero-order valence-electron chi connectivity index (χ0n) is 4.81. The first-order valence-electron chi connectivity index (χ1n) is 1.95. The molecule has 0 radical (unpaired) electrons. The van der Waals surface area contributed by atoms with Gasteiger partial charge in [-0.3, -0.25) is 4.90 Å². The molecule has 0 spiro atoms. The van der Waals surface area contributed by atoms with Crippen molar-refractivity contribution in [2.75, 3.05) is 14.1 Å². The topological polar surface area (TPSA) is 3.24 Å². The third kappa shape index (κ3) is 6.73. The molecule has 1 atom stereocenters. The van der Waals surface area contributed by atoms with E-state index < -0.39 is 0 Å². The molecule has 46 valence electrons. The molecule has 0 bridgehead atoms. The molecule has 0 aromatic carbocycles. The Balaban J connectivity index is 0. The summed E-state index contributed by atoms with van der Waals surface area (Å²) in [5.74, 6) is 0. The summed E-state index contributed by atoms with van der Waals surface area (Å²) in [5.41, 5.74) is 0. The maximum atomic E-state index is 3.36. The van der Waals surface area contributed by atoms with Gasteiger partial charge in [-0.25, -0.2) is 0 Å². The molecule has 0 aliphatic rings. The maximum Gasteiger partial charge on any atom is 0.0622 e. The molecule has 0 amide bonds. The van der Waals surface area contributed by atoms with Crippen LogP contribution in [0.5, 0.6) is 0 Å². The van der Waals surface area contributed by atoms with Gasteiger partial charge in [0.15, 0.2) is 0 Å². The molecule has 0 N–H and O–H groups in total. The number of hydrogen-bond donors (Lipinski definition) is 0. The Bertz CT molecular complexity index is 32.7. The highest BCUT2D eigenvalue weighted by Crippen LogP contribution is 1.97. The van der Waals surface area contributed by atoms with E-state index in [1.807, 2.05) is 14.1 Å². The Morgan fingerprint density at radius 3 is 1.57 bits per heavy atom. The van der Waals surface area contributed by atoms with E-state index in [2.05, 4.69) is 27.8 Å². The molecular weight excluding hydrogens is 177 g/mol. The van der Waals surface area contributed by atoms with Crippen molar-refractivity contribution in [2.45, 2.75) is 11.9 Å².